The van der Waals surface area contributed by atoms with Crippen LogP contribution in [0.3, 0.4) is 0 Å². The zero-order valence-electron chi connectivity index (χ0n) is 20.0. The van der Waals surface area contributed by atoms with E-state index in [1.165, 1.54) is 10.9 Å². The van der Waals surface area contributed by atoms with Gasteiger partial charge in [0.15, 0.2) is 0 Å². The summed E-state index contributed by atoms with van der Waals surface area (Å²) in [7, 11) is 0. The fraction of sp³-hybridized carbons (Fsp3) is 0.233. The quantitative estimate of drug-likeness (QED) is 0.264. The average molecular weight is 451 g/mol. The van der Waals surface area contributed by atoms with Crippen LogP contribution in [0.1, 0.15) is 32.2 Å². The first-order chi connectivity index (χ1) is 16.5. The molecule has 0 fully saturated rings. The maximum absolute atomic E-state index is 6.21. The van der Waals surface area contributed by atoms with Crippen LogP contribution in [0.15, 0.2) is 91.0 Å². The highest BCUT2D eigenvalue weighted by Gasteiger charge is 2.14. The minimum atomic E-state index is 0.122. The van der Waals surface area contributed by atoms with Crippen molar-refractivity contribution in [2.45, 2.75) is 39.3 Å². The van der Waals surface area contributed by atoms with Gasteiger partial charge in [-0.25, -0.2) is 4.98 Å². The fourth-order valence-corrected chi connectivity index (χ4v) is 4.25. The van der Waals surface area contributed by atoms with Gasteiger partial charge in [-0.1, -0.05) is 81.4 Å². The van der Waals surface area contributed by atoms with Crippen LogP contribution in [0.25, 0.3) is 21.8 Å². The highest BCUT2D eigenvalue weighted by atomic mass is 16.5. The van der Waals surface area contributed by atoms with Crippen molar-refractivity contribution in [1.82, 2.24) is 9.55 Å². The first-order valence-corrected chi connectivity index (χ1v) is 11.8. The molecular formula is C30H30N2O2. The van der Waals surface area contributed by atoms with Crippen molar-refractivity contribution >= 4 is 21.8 Å². The van der Waals surface area contributed by atoms with Gasteiger partial charge >= 0.3 is 0 Å². The summed E-state index contributed by atoms with van der Waals surface area (Å²) in [5.74, 6) is 2.64. The summed E-state index contributed by atoms with van der Waals surface area (Å²) in [6.45, 7) is 8.27. The summed E-state index contributed by atoms with van der Waals surface area (Å²) in [5.41, 5.74) is 3.47. The van der Waals surface area contributed by atoms with Crippen LogP contribution in [-0.4, -0.2) is 16.2 Å². The lowest BCUT2D eigenvalue weighted by Crippen LogP contribution is -2.13. The molecule has 0 spiro atoms. The molecule has 0 saturated heterocycles. The van der Waals surface area contributed by atoms with Crippen LogP contribution < -0.4 is 9.47 Å². The number of hydrogen-bond acceptors (Lipinski definition) is 3. The smallest absolute Gasteiger partial charge is 0.148 e. The minimum Gasteiger partial charge on any atom is -0.491 e. The zero-order chi connectivity index (χ0) is 23.5. The molecule has 4 aromatic carbocycles. The van der Waals surface area contributed by atoms with Crippen LogP contribution in [0, 0.1) is 0 Å². The third kappa shape index (κ3) is 4.62. The van der Waals surface area contributed by atoms with Gasteiger partial charge in [-0.2, -0.15) is 0 Å². The predicted molar refractivity (Wildman–Crippen MR) is 139 cm³/mol. The molecule has 0 aliphatic heterocycles. The lowest BCUT2D eigenvalue weighted by molar-refractivity contribution is 0.273. The zero-order valence-corrected chi connectivity index (χ0v) is 20.0. The number of para-hydroxylation sites is 2. The normalized spacial score (nSPS) is 11.7. The Morgan fingerprint density at radius 2 is 1.50 bits per heavy atom. The van der Waals surface area contributed by atoms with Gasteiger partial charge in [0.05, 0.1) is 17.6 Å². The molecule has 0 aliphatic carbocycles. The van der Waals surface area contributed by atoms with Gasteiger partial charge in [0.25, 0.3) is 0 Å². The molecule has 5 rings (SSSR count). The van der Waals surface area contributed by atoms with E-state index in [2.05, 4.69) is 61.7 Å². The molecule has 4 heteroatoms. The second-order valence-corrected chi connectivity index (χ2v) is 9.56. The Morgan fingerprint density at radius 3 is 2.32 bits per heavy atom. The summed E-state index contributed by atoms with van der Waals surface area (Å²) in [4.78, 5) is 4.84. The Balaban J connectivity index is 1.33. The van der Waals surface area contributed by atoms with Crippen LogP contribution in [0.2, 0.25) is 0 Å². The third-order valence-corrected chi connectivity index (χ3v) is 6.14. The van der Waals surface area contributed by atoms with E-state index in [0.29, 0.717) is 19.8 Å². The van der Waals surface area contributed by atoms with E-state index in [4.69, 9.17) is 14.5 Å². The Kier molecular flexibility index (Phi) is 5.97. The Labute approximate surface area is 200 Å². The third-order valence-electron chi connectivity index (χ3n) is 6.14. The maximum Gasteiger partial charge on any atom is 0.148 e. The Bertz CT molecular complexity index is 1410. The van der Waals surface area contributed by atoms with Crippen LogP contribution in [-0.2, 0) is 18.6 Å². The molecule has 0 aliphatic rings. The van der Waals surface area contributed by atoms with Crippen LogP contribution >= 0.6 is 0 Å². The fourth-order valence-electron chi connectivity index (χ4n) is 4.25. The summed E-state index contributed by atoms with van der Waals surface area (Å²) in [6.07, 6.45) is 0. The number of rotatable bonds is 7. The first kappa shape index (κ1) is 22.0. The molecular weight excluding hydrogens is 420 g/mol. The number of imidazole rings is 1. The standard InChI is InChI=1S/C30H30N2O2/c1-30(2,3)23-15-17-24(18-16-23)34-21-29-31-26-12-6-7-13-27(26)32(29)19-20-33-28-14-8-10-22-9-4-5-11-25(22)28/h4-18H,19-21H2,1-3H3. The van der Waals surface area contributed by atoms with E-state index in [-0.39, 0.29) is 5.41 Å². The Morgan fingerprint density at radius 1 is 0.765 bits per heavy atom. The topological polar surface area (TPSA) is 36.3 Å². The maximum atomic E-state index is 6.21. The summed E-state index contributed by atoms with van der Waals surface area (Å²) >= 11 is 0. The van der Waals surface area contributed by atoms with E-state index in [0.717, 1.165) is 33.7 Å². The SMILES string of the molecule is CC(C)(C)c1ccc(OCc2nc3ccccc3n2CCOc2cccc3ccccc23)cc1. The van der Waals surface area contributed by atoms with Gasteiger partial charge in [-0.3, -0.25) is 0 Å². The molecule has 172 valence electrons. The largest absolute Gasteiger partial charge is 0.491 e. The number of benzene rings is 4. The average Bonchev–Trinajstić information content (AvgIpc) is 3.20. The van der Waals surface area contributed by atoms with Crippen molar-refractivity contribution in [3.05, 3.63) is 102 Å². The van der Waals surface area contributed by atoms with E-state index in [1.54, 1.807) is 0 Å². The highest BCUT2D eigenvalue weighted by Crippen LogP contribution is 2.27. The number of fused-ring (bicyclic) bond motifs is 2. The monoisotopic (exact) mass is 450 g/mol. The van der Waals surface area contributed by atoms with Crippen LogP contribution in [0.5, 0.6) is 11.5 Å². The van der Waals surface area contributed by atoms with E-state index in [9.17, 15) is 0 Å². The number of hydrogen-bond donors (Lipinski definition) is 0. The van der Waals surface area contributed by atoms with Crippen molar-refractivity contribution in [3.63, 3.8) is 0 Å². The molecule has 1 aromatic heterocycles. The van der Waals surface area contributed by atoms with Crippen molar-refractivity contribution in [1.29, 1.82) is 0 Å². The van der Waals surface area contributed by atoms with Gasteiger partial charge in [-0.15, -0.1) is 0 Å². The van der Waals surface area contributed by atoms with E-state index in [1.807, 2.05) is 54.6 Å². The van der Waals surface area contributed by atoms with Crippen molar-refractivity contribution in [2.75, 3.05) is 6.61 Å². The molecule has 0 saturated carbocycles. The number of ether oxygens (including phenoxy) is 2. The van der Waals surface area contributed by atoms with Crippen LogP contribution in [0.4, 0.5) is 0 Å². The summed E-state index contributed by atoms with van der Waals surface area (Å²) in [5, 5.41) is 2.31. The minimum absolute atomic E-state index is 0.122. The molecule has 1 heterocycles. The lowest BCUT2D eigenvalue weighted by atomic mass is 9.87. The van der Waals surface area contributed by atoms with Gasteiger partial charge in [0.2, 0.25) is 0 Å². The first-order valence-electron chi connectivity index (χ1n) is 11.8. The summed E-state index contributed by atoms with van der Waals surface area (Å²) < 4.78 is 14.5. The molecule has 0 atom stereocenters. The molecule has 34 heavy (non-hydrogen) atoms. The lowest BCUT2D eigenvalue weighted by Gasteiger charge is -2.19. The molecule has 0 radical (unpaired) electrons. The number of aromatic nitrogens is 2. The molecule has 4 nitrogen and oxygen atoms in total. The highest BCUT2D eigenvalue weighted by molar-refractivity contribution is 5.88. The Hall–Kier alpha value is -3.79. The van der Waals surface area contributed by atoms with E-state index < -0.39 is 0 Å². The van der Waals surface area contributed by atoms with Crippen molar-refractivity contribution in [3.8, 4) is 11.5 Å². The molecule has 0 amide bonds. The second-order valence-electron chi connectivity index (χ2n) is 9.56. The van der Waals surface area contributed by atoms with E-state index >= 15 is 0 Å². The predicted octanol–water partition coefficient (Wildman–Crippen LogP) is 7.15. The molecule has 0 bridgehead atoms. The summed E-state index contributed by atoms with van der Waals surface area (Å²) in [6, 6.07) is 31.0. The molecule has 5 aromatic rings. The van der Waals surface area contributed by atoms with Crippen molar-refractivity contribution in [2.24, 2.45) is 0 Å². The molecule has 0 N–H and O–H groups in total. The second kappa shape index (κ2) is 9.22. The number of nitrogens with zero attached hydrogens (tertiary/aromatic N) is 2. The van der Waals surface area contributed by atoms with Gasteiger partial charge in [0.1, 0.15) is 30.5 Å². The van der Waals surface area contributed by atoms with Gasteiger partial charge in [0, 0.05) is 5.39 Å². The molecule has 0 unspecified atom stereocenters. The van der Waals surface area contributed by atoms with Gasteiger partial charge in [-0.05, 0) is 46.7 Å². The van der Waals surface area contributed by atoms with Crippen molar-refractivity contribution < 1.29 is 9.47 Å². The van der Waals surface area contributed by atoms with Gasteiger partial charge < -0.3 is 14.0 Å².